The summed E-state index contributed by atoms with van der Waals surface area (Å²) in [6, 6.07) is 4.94. The van der Waals surface area contributed by atoms with Crippen molar-refractivity contribution < 1.29 is 4.79 Å². The van der Waals surface area contributed by atoms with Gasteiger partial charge in [-0.15, -0.1) is 0 Å². The van der Waals surface area contributed by atoms with Crippen LogP contribution in [0.15, 0.2) is 24.5 Å². The van der Waals surface area contributed by atoms with Gasteiger partial charge in [0.05, 0.1) is 0 Å². The normalized spacial score (nSPS) is 20.0. The lowest BCUT2D eigenvalue weighted by molar-refractivity contribution is 0.0944. The molecule has 1 fully saturated rings. The van der Waals surface area contributed by atoms with Crippen molar-refractivity contribution in [1.82, 2.24) is 25.4 Å². The maximum absolute atomic E-state index is 12.9. The third-order valence-corrected chi connectivity index (χ3v) is 6.14. The van der Waals surface area contributed by atoms with E-state index in [9.17, 15) is 4.79 Å². The van der Waals surface area contributed by atoms with Gasteiger partial charge in [-0.05, 0) is 56.7 Å². The van der Waals surface area contributed by atoms with Crippen LogP contribution in [0.2, 0.25) is 0 Å². The Morgan fingerprint density at radius 1 is 1.14 bits per heavy atom. The number of nitrogens with zero attached hydrogens (tertiary/aromatic N) is 3. The van der Waals surface area contributed by atoms with E-state index in [1.807, 2.05) is 16.8 Å². The second-order valence-corrected chi connectivity index (χ2v) is 8.07. The fourth-order valence-corrected chi connectivity index (χ4v) is 4.64. The predicted octanol–water partition coefficient (Wildman–Crippen LogP) is 3.01. The van der Waals surface area contributed by atoms with Gasteiger partial charge in [0.2, 0.25) is 0 Å². The maximum Gasteiger partial charge on any atom is 0.272 e. The molecule has 0 bridgehead atoms. The highest BCUT2D eigenvalue weighted by atomic mass is 16.1. The monoisotopic (exact) mass is 381 g/mol. The first-order valence-electron chi connectivity index (χ1n) is 10.8. The van der Waals surface area contributed by atoms with E-state index >= 15 is 0 Å². The van der Waals surface area contributed by atoms with E-state index in [2.05, 4.69) is 27.6 Å². The zero-order chi connectivity index (χ0) is 19.3. The first-order chi connectivity index (χ1) is 13.7. The highest BCUT2D eigenvalue weighted by Crippen LogP contribution is 2.27. The van der Waals surface area contributed by atoms with Gasteiger partial charge in [0, 0.05) is 48.8 Å². The van der Waals surface area contributed by atoms with Gasteiger partial charge in [0.15, 0.2) is 5.69 Å². The van der Waals surface area contributed by atoms with E-state index in [-0.39, 0.29) is 5.91 Å². The smallest absolute Gasteiger partial charge is 0.272 e. The number of fused-ring (bicyclic) bond motifs is 1. The van der Waals surface area contributed by atoms with E-state index in [1.165, 1.54) is 37.8 Å². The van der Waals surface area contributed by atoms with Crippen LogP contribution in [0.1, 0.15) is 72.8 Å². The number of nitrogens with one attached hydrogen (secondary N) is 2. The van der Waals surface area contributed by atoms with Crippen molar-refractivity contribution in [3.8, 4) is 0 Å². The minimum absolute atomic E-state index is 0.0708. The Hall–Kier alpha value is -2.21. The van der Waals surface area contributed by atoms with Crippen molar-refractivity contribution in [3.05, 3.63) is 47.0 Å². The second kappa shape index (κ2) is 8.86. The molecule has 2 aromatic heterocycles. The largest absolute Gasteiger partial charge is 0.347 e. The molecule has 0 saturated heterocycles. The third-order valence-electron chi connectivity index (χ3n) is 6.14. The van der Waals surface area contributed by atoms with Crippen LogP contribution in [0.4, 0.5) is 0 Å². The van der Waals surface area contributed by atoms with Gasteiger partial charge in [-0.2, -0.15) is 5.10 Å². The van der Waals surface area contributed by atoms with E-state index < -0.39 is 0 Å². The van der Waals surface area contributed by atoms with Crippen molar-refractivity contribution in [1.29, 1.82) is 0 Å². The number of rotatable bonds is 6. The Morgan fingerprint density at radius 3 is 2.68 bits per heavy atom. The summed E-state index contributed by atoms with van der Waals surface area (Å²) in [6.07, 6.45) is 13.2. The minimum Gasteiger partial charge on any atom is -0.347 e. The van der Waals surface area contributed by atoms with E-state index in [4.69, 9.17) is 0 Å². The number of aryl methyl sites for hydroxylation is 1. The fraction of sp³-hybridized carbons (Fsp3) is 0.591. The van der Waals surface area contributed by atoms with Gasteiger partial charge in [0.1, 0.15) is 0 Å². The molecular formula is C22H31N5O. The second-order valence-electron chi connectivity index (χ2n) is 8.07. The zero-order valence-corrected chi connectivity index (χ0v) is 16.8. The summed E-state index contributed by atoms with van der Waals surface area (Å²) in [6.45, 7) is 3.40. The standard InChI is InChI=1S/C22H31N5O/c1-2-27-20-9-8-18(25-17-6-4-3-5-7-17)14-19(20)21(26-27)22(28)24-15-16-10-12-23-13-11-16/h10-13,17-18,25H,2-9,14-15H2,1H3,(H,24,28). The van der Waals surface area contributed by atoms with E-state index in [1.54, 1.807) is 12.4 Å². The topological polar surface area (TPSA) is 71.8 Å². The van der Waals surface area contributed by atoms with Gasteiger partial charge in [-0.1, -0.05) is 19.3 Å². The molecule has 6 nitrogen and oxygen atoms in total. The molecule has 0 spiro atoms. The molecule has 0 aliphatic heterocycles. The molecule has 2 aliphatic rings. The average molecular weight is 382 g/mol. The van der Waals surface area contributed by atoms with Crippen molar-refractivity contribution >= 4 is 5.91 Å². The maximum atomic E-state index is 12.9. The van der Waals surface area contributed by atoms with E-state index in [0.29, 0.717) is 24.3 Å². The number of hydrogen-bond donors (Lipinski definition) is 2. The molecule has 0 aromatic carbocycles. The molecular weight excluding hydrogens is 350 g/mol. The highest BCUT2D eigenvalue weighted by Gasteiger charge is 2.30. The van der Waals surface area contributed by atoms with Crippen molar-refractivity contribution in [3.63, 3.8) is 0 Å². The Labute approximate surface area is 167 Å². The molecule has 28 heavy (non-hydrogen) atoms. The lowest BCUT2D eigenvalue weighted by atomic mass is 9.88. The van der Waals surface area contributed by atoms with Crippen LogP contribution in [-0.2, 0) is 25.9 Å². The molecule has 2 N–H and O–H groups in total. The summed E-state index contributed by atoms with van der Waals surface area (Å²) < 4.78 is 2.02. The molecule has 2 aliphatic carbocycles. The number of aromatic nitrogens is 3. The average Bonchev–Trinajstić information content (AvgIpc) is 3.11. The molecule has 2 aromatic rings. The highest BCUT2D eigenvalue weighted by molar-refractivity contribution is 5.94. The minimum atomic E-state index is -0.0708. The molecule has 0 radical (unpaired) electrons. The predicted molar refractivity (Wildman–Crippen MR) is 109 cm³/mol. The summed E-state index contributed by atoms with van der Waals surface area (Å²) in [4.78, 5) is 16.9. The summed E-state index contributed by atoms with van der Waals surface area (Å²) in [5, 5.41) is 11.6. The summed E-state index contributed by atoms with van der Waals surface area (Å²) >= 11 is 0. The molecule has 1 unspecified atom stereocenters. The van der Waals surface area contributed by atoms with E-state index in [0.717, 1.165) is 36.9 Å². The molecule has 150 valence electrons. The van der Waals surface area contributed by atoms with Gasteiger partial charge in [0.25, 0.3) is 5.91 Å². The Morgan fingerprint density at radius 2 is 1.93 bits per heavy atom. The van der Waals surface area contributed by atoms with Gasteiger partial charge < -0.3 is 10.6 Å². The zero-order valence-electron chi connectivity index (χ0n) is 16.8. The lowest BCUT2D eigenvalue weighted by Gasteiger charge is -2.31. The van der Waals surface area contributed by atoms with Crippen molar-refractivity contribution in [2.24, 2.45) is 0 Å². The van der Waals surface area contributed by atoms with Gasteiger partial charge >= 0.3 is 0 Å². The first kappa shape index (κ1) is 19.1. The van der Waals surface area contributed by atoms with Crippen molar-refractivity contribution in [2.75, 3.05) is 0 Å². The van der Waals surface area contributed by atoms with Gasteiger partial charge in [-0.3, -0.25) is 14.5 Å². The van der Waals surface area contributed by atoms with Crippen LogP contribution in [0.25, 0.3) is 0 Å². The van der Waals surface area contributed by atoms with Crippen LogP contribution in [0.3, 0.4) is 0 Å². The van der Waals surface area contributed by atoms with Gasteiger partial charge in [-0.25, -0.2) is 0 Å². The molecule has 6 heteroatoms. The summed E-state index contributed by atoms with van der Waals surface area (Å²) in [5.74, 6) is -0.0708. The molecule has 1 atom stereocenters. The SMILES string of the molecule is CCn1nc(C(=O)NCc2ccncc2)c2c1CCC(NC1CCCCC1)C2. The number of pyridine rings is 1. The van der Waals surface area contributed by atoms with Crippen LogP contribution >= 0.6 is 0 Å². The Bertz CT molecular complexity index is 795. The summed E-state index contributed by atoms with van der Waals surface area (Å²) in [5.41, 5.74) is 4.05. The Kier molecular flexibility index (Phi) is 6.05. The van der Waals surface area contributed by atoms with Crippen LogP contribution in [0.5, 0.6) is 0 Å². The molecule has 1 amide bonds. The Balaban J connectivity index is 1.46. The molecule has 4 rings (SSSR count). The third kappa shape index (κ3) is 4.27. The number of amides is 1. The lowest BCUT2D eigenvalue weighted by Crippen LogP contribution is -2.42. The first-order valence-corrected chi connectivity index (χ1v) is 10.8. The quantitative estimate of drug-likeness (QED) is 0.807. The van der Waals surface area contributed by atoms with Crippen LogP contribution in [0, 0.1) is 0 Å². The fourth-order valence-electron chi connectivity index (χ4n) is 4.64. The van der Waals surface area contributed by atoms with Crippen LogP contribution in [-0.4, -0.2) is 32.8 Å². The van der Waals surface area contributed by atoms with Crippen LogP contribution < -0.4 is 10.6 Å². The number of hydrogen-bond acceptors (Lipinski definition) is 4. The summed E-state index contributed by atoms with van der Waals surface area (Å²) in [7, 11) is 0. The number of carbonyl (C=O) groups is 1. The molecule has 1 saturated carbocycles. The van der Waals surface area contributed by atoms with Crippen molar-refractivity contribution in [2.45, 2.75) is 83.5 Å². The number of carbonyl (C=O) groups excluding carboxylic acids is 1. The molecule has 2 heterocycles.